The lowest BCUT2D eigenvalue weighted by Gasteiger charge is -2.27. The maximum atomic E-state index is 12.3. The van der Waals surface area contributed by atoms with Crippen LogP contribution in [0, 0.1) is 6.92 Å². The van der Waals surface area contributed by atoms with E-state index in [4.69, 9.17) is 5.11 Å². The number of phenols is 1. The van der Waals surface area contributed by atoms with Gasteiger partial charge in [0.1, 0.15) is 5.75 Å². The van der Waals surface area contributed by atoms with Gasteiger partial charge in [0, 0.05) is 19.2 Å². The van der Waals surface area contributed by atoms with Crippen molar-refractivity contribution in [2.24, 2.45) is 0 Å². The van der Waals surface area contributed by atoms with Crippen molar-refractivity contribution >= 4 is 5.91 Å². The average Bonchev–Trinajstić information content (AvgIpc) is 2.28. The third-order valence-electron chi connectivity index (χ3n) is 2.82. The topological polar surface area (TPSA) is 60.8 Å². The predicted molar refractivity (Wildman–Crippen MR) is 70.7 cm³/mol. The molecule has 1 aromatic carbocycles. The minimum atomic E-state index is -0.198. The molecule has 0 unspecified atom stereocenters. The third-order valence-corrected chi connectivity index (χ3v) is 2.82. The lowest BCUT2D eigenvalue weighted by molar-refractivity contribution is 0.0690. The summed E-state index contributed by atoms with van der Waals surface area (Å²) in [5.74, 6) is -0.189. The van der Waals surface area contributed by atoms with E-state index in [0.29, 0.717) is 18.5 Å². The second-order valence-corrected chi connectivity index (χ2v) is 4.69. The van der Waals surface area contributed by atoms with E-state index in [1.807, 2.05) is 20.8 Å². The average molecular weight is 251 g/mol. The Morgan fingerprint density at radius 1 is 1.39 bits per heavy atom. The quantitative estimate of drug-likeness (QED) is 0.840. The molecule has 0 saturated carbocycles. The van der Waals surface area contributed by atoms with E-state index < -0.39 is 0 Å². The van der Waals surface area contributed by atoms with Gasteiger partial charge in [-0.05, 0) is 44.9 Å². The van der Waals surface area contributed by atoms with Gasteiger partial charge in [-0.1, -0.05) is 6.07 Å². The second-order valence-electron chi connectivity index (χ2n) is 4.69. The molecule has 0 bridgehead atoms. The summed E-state index contributed by atoms with van der Waals surface area (Å²) in [7, 11) is 0. The highest BCUT2D eigenvalue weighted by Crippen LogP contribution is 2.21. The van der Waals surface area contributed by atoms with Crippen LogP contribution in [0.4, 0.5) is 0 Å². The van der Waals surface area contributed by atoms with Crippen LogP contribution in [-0.4, -0.2) is 40.2 Å². The van der Waals surface area contributed by atoms with E-state index in [-0.39, 0.29) is 24.3 Å². The summed E-state index contributed by atoms with van der Waals surface area (Å²) < 4.78 is 0. The molecule has 4 heteroatoms. The maximum absolute atomic E-state index is 12.3. The van der Waals surface area contributed by atoms with Crippen molar-refractivity contribution in [3.63, 3.8) is 0 Å². The number of phenolic OH excluding ortho intramolecular Hbond substituents is 1. The van der Waals surface area contributed by atoms with Crippen LogP contribution in [-0.2, 0) is 0 Å². The van der Waals surface area contributed by atoms with E-state index in [2.05, 4.69) is 0 Å². The van der Waals surface area contributed by atoms with Crippen molar-refractivity contribution in [1.29, 1.82) is 0 Å². The van der Waals surface area contributed by atoms with Gasteiger partial charge < -0.3 is 15.1 Å². The third kappa shape index (κ3) is 3.47. The highest BCUT2D eigenvalue weighted by atomic mass is 16.3. The maximum Gasteiger partial charge on any atom is 0.257 e. The summed E-state index contributed by atoms with van der Waals surface area (Å²) in [6, 6.07) is 5.06. The molecule has 1 amide bonds. The lowest BCUT2D eigenvalue weighted by atomic mass is 10.1. The molecule has 1 aromatic rings. The number of amides is 1. The summed E-state index contributed by atoms with van der Waals surface area (Å²) in [5, 5.41) is 18.7. The number of hydrogen-bond acceptors (Lipinski definition) is 3. The number of carbonyl (C=O) groups is 1. The summed E-state index contributed by atoms with van der Waals surface area (Å²) in [4.78, 5) is 14.0. The van der Waals surface area contributed by atoms with Gasteiger partial charge in [-0.15, -0.1) is 0 Å². The van der Waals surface area contributed by atoms with Gasteiger partial charge in [-0.25, -0.2) is 0 Å². The second kappa shape index (κ2) is 6.40. The molecule has 0 aliphatic heterocycles. The number of hydrogen-bond donors (Lipinski definition) is 2. The fraction of sp³-hybridized carbons (Fsp3) is 0.500. The van der Waals surface area contributed by atoms with Crippen molar-refractivity contribution < 1.29 is 15.0 Å². The Kier molecular flexibility index (Phi) is 5.16. The first-order valence-electron chi connectivity index (χ1n) is 6.18. The molecule has 0 atom stereocenters. The zero-order valence-electron chi connectivity index (χ0n) is 11.2. The molecule has 0 heterocycles. The van der Waals surface area contributed by atoms with Crippen LogP contribution >= 0.6 is 0 Å². The number of rotatable bonds is 5. The molecule has 18 heavy (non-hydrogen) atoms. The zero-order chi connectivity index (χ0) is 13.7. The molecule has 0 aliphatic rings. The van der Waals surface area contributed by atoms with Crippen LogP contribution in [0.15, 0.2) is 18.2 Å². The molecule has 0 fully saturated rings. The number of aliphatic hydroxyl groups excluding tert-OH is 1. The minimum absolute atomic E-state index is 0.00893. The van der Waals surface area contributed by atoms with Crippen LogP contribution in [0.5, 0.6) is 5.75 Å². The molecule has 2 N–H and O–H groups in total. The van der Waals surface area contributed by atoms with Gasteiger partial charge in [-0.2, -0.15) is 0 Å². The lowest BCUT2D eigenvalue weighted by Crippen LogP contribution is -2.38. The Balaban J connectivity index is 2.94. The van der Waals surface area contributed by atoms with Gasteiger partial charge in [0.15, 0.2) is 0 Å². The van der Waals surface area contributed by atoms with Gasteiger partial charge in [0.05, 0.1) is 5.56 Å². The van der Waals surface area contributed by atoms with Gasteiger partial charge in [0.25, 0.3) is 5.91 Å². The zero-order valence-corrected chi connectivity index (χ0v) is 11.2. The molecule has 0 aliphatic carbocycles. The molecule has 0 spiro atoms. The standard InChI is InChI=1S/C14H21NO3/c1-10(2)15(7-4-8-16)14(18)12-6-5-11(3)9-13(12)17/h5-6,9-10,16-17H,4,7-8H2,1-3H3. The summed E-state index contributed by atoms with van der Waals surface area (Å²) in [5.41, 5.74) is 1.22. The summed E-state index contributed by atoms with van der Waals surface area (Å²) >= 11 is 0. The predicted octanol–water partition coefficient (Wildman–Crippen LogP) is 1.93. The van der Waals surface area contributed by atoms with Crippen LogP contribution in [0.3, 0.4) is 0 Å². The van der Waals surface area contributed by atoms with E-state index >= 15 is 0 Å². The molecule has 0 saturated heterocycles. The van der Waals surface area contributed by atoms with Gasteiger partial charge in [0.2, 0.25) is 0 Å². The molecular formula is C14H21NO3. The number of aliphatic hydroxyl groups is 1. The molecular weight excluding hydrogens is 230 g/mol. The van der Waals surface area contributed by atoms with Crippen molar-refractivity contribution in [1.82, 2.24) is 4.90 Å². The highest BCUT2D eigenvalue weighted by molar-refractivity contribution is 5.97. The fourth-order valence-corrected chi connectivity index (χ4v) is 1.81. The molecule has 1 rings (SSSR count). The Morgan fingerprint density at radius 2 is 2.06 bits per heavy atom. The van der Waals surface area contributed by atoms with Crippen LogP contribution in [0.2, 0.25) is 0 Å². The Labute approximate surface area is 108 Å². The smallest absolute Gasteiger partial charge is 0.257 e. The number of aryl methyl sites for hydroxylation is 1. The van der Waals surface area contributed by atoms with Crippen molar-refractivity contribution in [3.05, 3.63) is 29.3 Å². The largest absolute Gasteiger partial charge is 0.507 e. The van der Waals surface area contributed by atoms with Crippen molar-refractivity contribution in [2.75, 3.05) is 13.2 Å². The van der Waals surface area contributed by atoms with Crippen molar-refractivity contribution in [2.45, 2.75) is 33.2 Å². The Hall–Kier alpha value is -1.55. The summed E-state index contributed by atoms with van der Waals surface area (Å²) in [6.45, 7) is 6.23. The fourth-order valence-electron chi connectivity index (χ4n) is 1.81. The van der Waals surface area contributed by atoms with Gasteiger partial charge in [-0.3, -0.25) is 4.79 Å². The van der Waals surface area contributed by atoms with Crippen LogP contribution in [0.1, 0.15) is 36.2 Å². The van der Waals surface area contributed by atoms with E-state index in [1.165, 1.54) is 0 Å². The number of nitrogens with zero attached hydrogens (tertiary/aromatic N) is 1. The Bertz CT molecular complexity index is 416. The first-order valence-corrected chi connectivity index (χ1v) is 6.18. The Morgan fingerprint density at radius 3 is 2.56 bits per heavy atom. The monoisotopic (exact) mass is 251 g/mol. The molecule has 4 nitrogen and oxygen atoms in total. The van der Waals surface area contributed by atoms with Crippen LogP contribution in [0.25, 0.3) is 0 Å². The number of benzene rings is 1. The number of aromatic hydroxyl groups is 1. The van der Waals surface area contributed by atoms with E-state index in [1.54, 1.807) is 23.1 Å². The SMILES string of the molecule is Cc1ccc(C(=O)N(CCCO)C(C)C)c(O)c1. The molecule has 100 valence electrons. The first-order chi connectivity index (χ1) is 8.47. The van der Waals surface area contributed by atoms with Gasteiger partial charge >= 0.3 is 0 Å². The highest BCUT2D eigenvalue weighted by Gasteiger charge is 2.20. The van der Waals surface area contributed by atoms with E-state index in [0.717, 1.165) is 5.56 Å². The normalized spacial score (nSPS) is 10.7. The number of carbonyl (C=O) groups excluding carboxylic acids is 1. The first kappa shape index (κ1) is 14.5. The minimum Gasteiger partial charge on any atom is -0.507 e. The molecule has 0 radical (unpaired) electrons. The van der Waals surface area contributed by atoms with Crippen LogP contribution < -0.4 is 0 Å². The molecule has 0 aromatic heterocycles. The van der Waals surface area contributed by atoms with E-state index in [9.17, 15) is 9.90 Å². The summed E-state index contributed by atoms with van der Waals surface area (Å²) in [6.07, 6.45) is 0.538. The van der Waals surface area contributed by atoms with Crippen molar-refractivity contribution in [3.8, 4) is 5.75 Å².